The first-order valence-corrected chi connectivity index (χ1v) is 13.3. The minimum Gasteiger partial charge on any atom is -0.476 e. The molecule has 14 heteroatoms. The van der Waals surface area contributed by atoms with E-state index in [2.05, 4.69) is 29.9 Å². The van der Waals surface area contributed by atoms with Crippen molar-refractivity contribution in [3.05, 3.63) is 105 Å². The van der Waals surface area contributed by atoms with E-state index < -0.39 is 11.9 Å². The molecule has 4 aromatic heterocycles. The predicted molar refractivity (Wildman–Crippen MR) is 161 cm³/mol. The van der Waals surface area contributed by atoms with Crippen LogP contribution in [0.3, 0.4) is 0 Å². The van der Waals surface area contributed by atoms with E-state index in [0.717, 1.165) is 0 Å². The molecule has 4 heterocycles. The first kappa shape index (κ1) is 29.0. The molecule has 0 saturated carbocycles. The fourth-order valence-electron chi connectivity index (χ4n) is 3.86. The molecule has 42 heavy (non-hydrogen) atoms. The van der Waals surface area contributed by atoms with E-state index in [0.29, 0.717) is 59.1 Å². The quantitative estimate of drug-likeness (QED) is 0.198. The molecule has 0 saturated heterocycles. The lowest BCUT2D eigenvalue weighted by atomic mass is 10.1. The van der Waals surface area contributed by atoms with Crippen LogP contribution in [-0.4, -0.2) is 46.9 Å². The number of aromatic carboxylic acids is 1. The van der Waals surface area contributed by atoms with Crippen LogP contribution >= 0.6 is 46.4 Å². The van der Waals surface area contributed by atoms with Crippen LogP contribution in [0.4, 0.5) is 0 Å². The van der Waals surface area contributed by atoms with Gasteiger partial charge in [-0.2, -0.15) is 0 Å². The number of primary amides is 1. The first-order valence-electron chi connectivity index (χ1n) is 11.8. The molecule has 0 unspecified atom stereocenters. The summed E-state index contributed by atoms with van der Waals surface area (Å²) in [7, 11) is 0. The molecule has 0 fully saturated rings. The number of carboxylic acid groups (broad SMARTS) is 1. The summed E-state index contributed by atoms with van der Waals surface area (Å²) in [6.45, 7) is 0. The number of para-hydroxylation sites is 2. The second-order valence-electron chi connectivity index (χ2n) is 8.47. The van der Waals surface area contributed by atoms with Gasteiger partial charge in [-0.1, -0.05) is 70.7 Å². The summed E-state index contributed by atoms with van der Waals surface area (Å²) in [4.78, 5) is 47.9. The van der Waals surface area contributed by atoms with Gasteiger partial charge in [0.05, 0.1) is 21.1 Å². The molecule has 0 bridgehead atoms. The Morgan fingerprint density at radius 1 is 0.619 bits per heavy atom. The number of amides is 1. The van der Waals surface area contributed by atoms with Crippen molar-refractivity contribution in [1.29, 1.82) is 0 Å². The zero-order chi connectivity index (χ0) is 30.0. The average Bonchev–Trinajstić information content (AvgIpc) is 2.98. The van der Waals surface area contributed by atoms with E-state index in [1.54, 1.807) is 60.7 Å². The van der Waals surface area contributed by atoms with Crippen LogP contribution in [0.2, 0.25) is 20.4 Å². The van der Waals surface area contributed by atoms with E-state index in [4.69, 9.17) is 52.1 Å². The summed E-state index contributed by atoms with van der Waals surface area (Å²) in [5.41, 5.74) is 7.43. The van der Waals surface area contributed by atoms with Gasteiger partial charge in [0, 0.05) is 34.3 Å². The molecule has 208 valence electrons. The number of carbonyl (C=O) groups excluding carboxylic acids is 1. The molecule has 0 atom stereocenters. The largest absolute Gasteiger partial charge is 0.476 e. The van der Waals surface area contributed by atoms with Crippen LogP contribution in [0.25, 0.3) is 44.6 Å². The van der Waals surface area contributed by atoms with E-state index in [1.165, 1.54) is 12.4 Å². The summed E-state index contributed by atoms with van der Waals surface area (Å²) in [6, 6.07) is 16.6. The lowest BCUT2D eigenvalue weighted by Crippen LogP contribution is -2.15. The zero-order valence-corrected chi connectivity index (χ0v) is 24.0. The number of carboxylic acids is 1. The maximum Gasteiger partial charge on any atom is 0.355 e. The molecule has 0 aliphatic carbocycles. The van der Waals surface area contributed by atoms with Crippen molar-refractivity contribution < 1.29 is 14.7 Å². The number of halogens is 4. The maximum atomic E-state index is 11.6. The van der Waals surface area contributed by atoms with Crippen LogP contribution in [0, 0.1) is 0 Å². The average molecular weight is 639 g/mol. The Hall–Kier alpha value is -4.48. The number of rotatable bonds is 4. The third kappa shape index (κ3) is 6.07. The third-order valence-corrected chi connectivity index (χ3v) is 6.82. The number of fused-ring (bicyclic) bond motifs is 2. The normalized spacial score (nSPS) is 10.8. The molecule has 0 spiro atoms. The molecule has 6 aromatic rings. The van der Waals surface area contributed by atoms with Gasteiger partial charge in [0.1, 0.15) is 16.0 Å². The van der Waals surface area contributed by atoms with Gasteiger partial charge in [0.2, 0.25) is 0 Å². The predicted octanol–water partition coefficient (Wildman–Crippen LogP) is 6.79. The van der Waals surface area contributed by atoms with Crippen molar-refractivity contribution >= 4 is 80.1 Å². The maximum absolute atomic E-state index is 11.6. The zero-order valence-electron chi connectivity index (χ0n) is 21.0. The molecular formula is C28H15Cl4N7O3. The molecule has 3 N–H and O–H groups in total. The van der Waals surface area contributed by atoms with E-state index >= 15 is 0 Å². The smallest absolute Gasteiger partial charge is 0.355 e. The number of hydrogen-bond donors (Lipinski definition) is 2. The van der Waals surface area contributed by atoms with Crippen LogP contribution in [0.15, 0.2) is 73.1 Å². The monoisotopic (exact) mass is 637 g/mol. The minimum atomic E-state index is -1.15. The number of pyridine rings is 2. The Bertz CT molecular complexity index is 1850. The lowest BCUT2D eigenvalue weighted by Gasteiger charge is -2.07. The molecular weight excluding hydrogens is 624 g/mol. The van der Waals surface area contributed by atoms with Crippen molar-refractivity contribution in [3.8, 4) is 22.8 Å². The van der Waals surface area contributed by atoms with E-state index in [1.807, 2.05) is 0 Å². The number of benzene rings is 2. The van der Waals surface area contributed by atoms with Gasteiger partial charge in [-0.05, 0) is 36.4 Å². The second kappa shape index (κ2) is 12.2. The fourth-order valence-corrected chi connectivity index (χ4v) is 4.52. The Labute approximate surface area is 257 Å². The number of nitrogens with zero attached hydrogens (tertiary/aromatic N) is 6. The highest BCUT2D eigenvalue weighted by Crippen LogP contribution is 2.28. The molecule has 1 amide bonds. The van der Waals surface area contributed by atoms with E-state index in [-0.39, 0.29) is 17.2 Å². The van der Waals surface area contributed by atoms with Crippen LogP contribution in [0.5, 0.6) is 0 Å². The van der Waals surface area contributed by atoms with E-state index in [9.17, 15) is 14.7 Å². The number of hydrogen-bond acceptors (Lipinski definition) is 8. The van der Waals surface area contributed by atoms with Crippen LogP contribution in [0.1, 0.15) is 21.0 Å². The molecule has 0 radical (unpaired) electrons. The topological polar surface area (TPSA) is 158 Å². The van der Waals surface area contributed by atoms with Gasteiger partial charge >= 0.3 is 5.97 Å². The van der Waals surface area contributed by atoms with Gasteiger partial charge in [-0.15, -0.1) is 0 Å². The Balaban J connectivity index is 0.000000168. The summed E-state index contributed by atoms with van der Waals surface area (Å²) in [5.74, 6) is -1.24. The lowest BCUT2D eigenvalue weighted by molar-refractivity contribution is 0.0692. The number of aromatic nitrogens is 6. The Morgan fingerprint density at radius 3 is 1.48 bits per heavy atom. The van der Waals surface area contributed by atoms with Gasteiger partial charge in [0.15, 0.2) is 17.3 Å². The van der Waals surface area contributed by atoms with Crippen molar-refractivity contribution in [2.24, 2.45) is 5.73 Å². The fraction of sp³-hybridized carbons (Fsp3) is 0. The van der Waals surface area contributed by atoms with Crippen molar-refractivity contribution in [2.45, 2.75) is 0 Å². The van der Waals surface area contributed by atoms with Gasteiger partial charge in [-0.3, -0.25) is 4.79 Å². The van der Waals surface area contributed by atoms with Crippen LogP contribution < -0.4 is 5.73 Å². The van der Waals surface area contributed by atoms with Crippen molar-refractivity contribution in [1.82, 2.24) is 29.9 Å². The molecule has 2 aromatic carbocycles. The van der Waals surface area contributed by atoms with Gasteiger partial charge < -0.3 is 10.8 Å². The second-order valence-corrected chi connectivity index (χ2v) is 10.1. The number of nitrogens with two attached hydrogens (primary N) is 1. The molecule has 0 aliphatic rings. The Kier molecular flexibility index (Phi) is 8.41. The summed E-state index contributed by atoms with van der Waals surface area (Å²) >= 11 is 23.7. The third-order valence-electron chi connectivity index (χ3n) is 5.76. The summed E-state index contributed by atoms with van der Waals surface area (Å²) in [6.07, 6.45) is 3.00. The number of carbonyl (C=O) groups is 2. The highest BCUT2D eigenvalue weighted by Gasteiger charge is 2.17. The molecule has 6 rings (SSSR count). The van der Waals surface area contributed by atoms with Gasteiger partial charge in [-0.25, -0.2) is 34.7 Å². The summed E-state index contributed by atoms with van der Waals surface area (Å²) < 4.78 is 0. The standard InChI is InChI=1S/C14H8Cl2N4O.C14H7Cl2N3O2/c15-9-3-1-2-8-11(9)19-14(20-12(8)13(17)21)7-4-5-10(16)18-6-7;15-9-3-1-2-8-11(9)18-13(19-12(8)14(20)21)7-4-5-10(16)17-6-7/h1-6H,(H2,17,21);1-6H,(H,20,21). The minimum absolute atomic E-state index is 0.104. The highest BCUT2D eigenvalue weighted by molar-refractivity contribution is 6.36. The SMILES string of the molecule is NC(=O)c1nc(-c2ccc(Cl)nc2)nc2c(Cl)cccc12.O=C(O)c1nc(-c2ccc(Cl)nc2)nc2c(Cl)cccc12. The van der Waals surface area contributed by atoms with Crippen LogP contribution in [-0.2, 0) is 0 Å². The molecule has 10 nitrogen and oxygen atoms in total. The van der Waals surface area contributed by atoms with Gasteiger partial charge in [0.25, 0.3) is 5.91 Å². The summed E-state index contributed by atoms with van der Waals surface area (Å²) in [5, 5.41) is 11.7. The van der Waals surface area contributed by atoms with Crippen molar-refractivity contribution in [3.63, 3.8) is 0 Å². The Morgan fingerprint density at radius 2 is 1.07 bits per heavy atom. The molecule has 0 aliphatic heterocycles. The first-order chi connectivity index (χ1) is 20.1. The highest BCUT2D eigenvalue weighted by atomic mass is 35.5. The van der Waals surface area contributed by atoms with Crippen molar-refractivity contribution in [2.75, 3.05) is 0 Å².